The second-order valence-corrected chi connectivity index (χ2v) is 4.19. The first-order valence-electron chi connectivity index (χ1n) is 5.47. The fourth-order valence-electron chi connectivity index (χ4n) is 1.79. The molecule has 2 aromatic heterocycles. The molecule has 2 heterocycles. The molecule has 0 bridgehead atoms. The van der Waals surface area contributed by atoms with E-state index in [0.717, 1.165) is 4.68 Å². The second kappa shape index (κ2) is 4.56. The predicted molar refractivity (Wildman–Crippen MR) is 66.0 cm³/mol. The van der Waals surface area contributed by atoms with Crippen molar-refractivity contribution in [1.82, 2.24) is 24.9 Å². The minimum Gasteiger partial charge on any atom is -0.476 e. The monoisotopic (exact) mass is 263 g/mol. The zero-order valence-electron chi connectivity index (χ0n) is 10.7. The Bertz CT molecular complexity index is 627. The summed E-state index contributed by atoms with van der Waals surface area (Å²) in [5.74, 6) is -1.22. The molecule has 2 aromatic rings. The molecule has 0 unspecified atom stereocenters. The summed E-state index contributed by atoms with van der Waals surface area (Å²) in [4.78, 5) is 24.6. The summed E-state index contributed by atoms with van der Waals surface area (Å²) in [6.45, 7) is 1.65. The third kappa shape index (κ3) is 2.07. The summed E-state index contributed by atoms with van der Waals surface area (Å²) in [6.07, 6.45) is 3.04. The number of carbonyl (C=O) groups excluding carboxylic acids is 1. The highest BCUT2D eigenvalue weighted by atomic mass is 16.4. The summed E-state index contributed by atoms with van der Waals surface area (Å²) >= 11 is 0. The van der Waals surface area contributed by atoms with E-state index >= 15 is 0 Å². The van der Waals surface area contributed by atoms with Crippen LogP contribution in [0.15, 0.2) is 12.4 Å². The summed E-state index contributed by atoms with van der Waals surface area (Å²) in [5, 5.41) is 19.7. The first kappa shape index (κ1) is 12.8. The van der Waals surface area contributed by atoms with Gasteiger partial charge in [-0.15, -0.1) is 0 Å². The highest BCUT2D eigenvalue weighted by Crippen LogP contribution is 2.26. The summed E-state index contributed by atoms with van der Waals surface area (Å²) < 4.78 is 0.889. The molecule has 1 amide bonds. The minimum atomic E-state index is -1.22. The quantitative estimate of drug-likeness (QED) is 0.834. The SMILES string of the molecule is Cc1nn(C(=O)N(C)C)c(C(=O)O)c1-c1cn[nH]c1. The van der Waals surface area contributed by atoms with Crippen molar-refractivity contribution in [3.8, 4) is 11.1 Å². The fourth-order valence-corrected chi connectivity index (χ4v) is 1.79. The number of aryl methyl sites for hydroxylation is 1. The van der Waals surface area contributed by atoms with Crippen molar-refractivity contribution in [3.05, 3.63) is 23.8 Å². The fraction of sp³-hybridized carbons (Fsp3) is 0.273. The van der Waals surface area contributed by atoms with Gasteiger partial charge in [0.1, 0.15) is 0 Å². The molecule has 2 rings (SSSR count). The van der Waals surface area contributed by atoms with Crippen molar-refractivity contribution in [1.29, 1.82) is 0 Å². The predicted octanol–water partition coefficient (Wildman–Crippen LogP) is 0.810. The largest absolute Gasteiger partial charge is 0.476 e. The topological polar surface area (TPSA) is 104 Å². The van der Waals surface area contributed by atoms with E-state index in [1.807, 2.05) is 0 Å². The number of nitrogens with one attached hydrogen (secondary N) is 1. The number of carbonyl (C=O) groups is 2. The van der Waals surface area contributed by atoms with Crippen LogP contribution < -0.4 is 0 Å². The lowest BCUT2D eigenvalue weighted by molar-refractivity contribution is 0.0685. The molecular weight excluding hydrogens is 250 g/mol. The number of carboxylic acids is 1. The maximum atomic E-state index is 11.9. The number of hydrogen-bond donors (Lipinski definition) is 2. The van der Waals surface area contributed by atoms with E-state index in [-0.39, 0.29) is 5.69 Å². The Morgan fingerprint density at radius 3 is 2.58 bits per heavy atom. The zero-order valence-corrected chi connectivity index (χ0v) is 10.7. The Labute approximate surface area is 108 Å². The van der Waals surface area contributed by atoms with E-state index in [2.05, 4.69) is 15.3 Å². The molecule has 0 aliphatic carbocycles. The molecule has 0 spiro atoms. The second-order valence-electron chi connectivity index (χ2n) is 4.19. The molecule has 0 aliphatic heterocycles. The summed E-state index contributed by atoms with van der Waals surface area (Å²) in [5.41, 5.74) is 1.25. The average Bonchev–Trinajstić information content (AvgIpc) is 2.93. The number of H-pyrrole nitrogens is 1. The maximum absolute atomic E-state index is 11.9. The van der Waals surface area contributed by atoms with Crippen molar-refractivity contribution in [3.63, 3.8) is 0 Å². The van der Waals surface area contributed by atoms with Crippen LogP contribution in [-0.2, 0) is 0 Å². The van der Waals surface area contributed by atoms with E-state index in [9.17, 15) is 14.7 Å². The van der Waals surface area contributed by atoms with Crippen molar-refractivity contribution >= 4 is 12.0 Å². The van der Waals surface area contributed by atoms with Gasteiger partial charge in [-0.05, 0) is 6.92 Å². The molecule has 0 fully saturated rings. The number of nitrogens with zero attached hydrogens (tertiary/aromatic N) is 4. The Balaban J connectivity index is 2.69. The van der Waals surface area contributed by atoms with Gasteiger partial charge >= 0.3 is 12.0 Å². The zero-order chi connectivity index (χ0) is 14.2. The molecule has 0 radical (unpaired) electrons. The first-order valence-corrected chi connectivity index (χ1v) is 5.47. The van der Waals surface area contributed by atoms with Crippen LogP contribution in [0.5, 0.6) is 0 Å². The Hall–Kier alpha value is -2.64. The molecule has 8 heteroatoms. The first-order chi connectivity index (χ1) is 8.93. The van der Waals surface area contributed by atoms with Crippen LogP contribution in [0.3, 0.4) is 0 Å². The highest BCUT2D eigenvalue weighted by Gasteiger charge is 2.27. The summed E-state index contributed by atoms with van der Waals surface area (Å²) in [7, 11) is 3.06. The number of aromatic carboxylic acids is 1. The Kier molecular flexibility index (Phi) is 3.07. The maximum Gasteiger partial charge on any atom is 0.355 e. The molecule has 0 atom stereocenters. The third-order valence-electron chi connectivity index (χ3n) is 2.61. The van der Waals surface area contributed by atoms with E-state index in [0.29, 0.717) is 16.8 Å². The van der Waals surface area contributed by atoms with Crippen LogP contribution in [0.25, 0.3) is 11.1 Å². The van der Waals surface area contributed by atoms with E-state index in [4.69, 9.17) is 0 Å². The van der Waals surface area contributed by atoms with E-state index in [1.165, 1.54) is 25.2 Å². The average molecular weight is 263 g/mol. The van der Waals surface area contributed by atoms with Gasteiger partial charge in [0.15, 0.2) is 5.69 Å². The van der Waals surface area contributed by atoms with Crippen LogP contribution in [0, 0.1) is 6.92 Å². The molecule has 0 saturated heterocycles. The van der Waals surface area contributed by atoms with Crippen LogP contribution in [0.4, 0.5) is 4.79 Å². The van der Waals surface area contributed by atoms with Gasteiger partial charge in [-0.2, -0.15) is 14.9 Å². The molecule has 0 saturated carbocycles. The van der Waals surface area contributed by atoms with Crippen molar-refractivity contribution in [2.45, 2.75) is 6.92 Å². The molecular formula is C11H13N5O3. The molecule has 0 aromatic carbocycles. The van der Waals surface area contributed by atoms with Crippen LogP contribution in [-0.4, -0.2) is 56.1 Å². The van der Waals surface area contributed by atoms with Gasteiger partial charge < -0.3 is 10.0 Å². The molecule has 100 valence electrons. The van der Waals surface area contributed by atoms with Gasteiger partial charge in [0.25, 0.3) is 0 Å². The van der Waals surface area contributed by atoms with E-state index < -0.39 is 12.0 Å². The molecule has 8 nitrogen and oxygen atoms in total. The summed E-state index contributed by atoms with van der Waals surface area (Å²) in [6, 6.07) is -0.518. The lowest BCUT2D eigenvalue weighted by Gasteiger charge is -2.10. The Morgan fingerprint density at radius 1 is 1.42 bits per heavy atom. The number of amides is 1. The van der Waals surface area contributed by atoms with Gasteiger partial charge in [0.2, 0.25) is 0 Å². The highest BCUT2D eigenvalue weighted by molar-refractivity contribution is 5.98. The Morgan fingerprint density at radius 2 is 2.11 bits per heavy atom. The van der Waals surface area contributed by atoms with Gasteiger partial charge in [0.05, 0.1) is 11.9 Å². The normalized spacial score (nSPS) is 10.5. The standard InChI is InChI=1S/C11H13N5O3/c1-6-8(7-4-12-13-5-7)9(10(17)18)16(14-6)11(19)15(2)3/h4-5H,1-3H3,(H,12,13)(H,17,18). The van der Waals surface area contributed by atoms with Crippen LogP contribution in [0.1, 0.15) is 16.2 Å². The molecule has 19 heavy (non-hydrogen) atoms. The molecule has 0 aliphatic rings. The molecule has 2 N–H and O–H groups in total. The smallest absolute Gasteiger partial charge is 0.355 e. The van der Waals surface area contributed by atoms with Gasteiger partial charge in [-0.25, -0.2) is 9.59 Å². The van der Waals surface area contributed by atoms with E-state index in [1.54, 1.807) is 13.1 Å². The number of aromatic nitrogens is 4. The van der Waals surface area contributed by atoms with Crippen molar-refractivity contribution in [2.24, 2.45) is 0 Å². The number of aromatic amines is 1. The van der Waals surface area contributed by atoms with Crippen molar-refractivity contribution in [2.75, 3.05) is 14.1 Å². The van der Waals surface area contributed by atoms with Crippen molar-refractivity contribution < 1.29 is 14.7 Å². The van der Waals surface area contributed by atoms with Gasteiger partial charge in [-0.1, -0.05) is 0 Å². The van der Waals surface area contributed by atoms with Crippen LogP contribution in [0.2, 0.25) is 0 Å². The minimum absolute atomic E-state index is 0.169. The van der Waals surface area contributed by atoms with Gasteiger partial charge in [0, 0.05) is 31.4 Å². The van der Waals surface area contributed by atoms with Gasteiger partial charge in [-0.3, -0.25) is 5.10 Å². The lowest BCUT2D eigenvalue weighted by atomic mass is 10.1. The van der Waals surface area contributed by atoms with Crippen LogP contribution >= 0.6 is 0 Å². The number of hydrogen-bond acceptors (Lipinski definition) is 4. The number of carboxylic acid groups (broad SMARTS) is 1. The third-order valence-corrected chi connectivity index (χ3v) is 2.61. The lowest BCUT2D eigenvalue weighted by Crippen LogP contribution is -2.30. The number of rotatable bonds is 2.